The second-order valence-corrected chi connectivity index (χ2v) is 2.49. The normalized spacial score (nSPS) is 16.0. The van der Waals surface area contributed by atoms with Crippen molar-refractivity contribution in [2.45, 2.75) is 12.8 Å². The summed E-state index contributed by atoms with van der Waals surface area (Å²) in [5, 5.41) is 0. The first-order valence-corrected chi connectivity index (χ1v) is 3.83. The van der Waals surface area contributed by atoms with Gasteiger partial charge in [0.25, 0.3) is 0 Å². The average Bonchev–Trinajstić information content (AvgIpc) is 2.47. The molecule has 1 rings (SSSR count). The zero-order valence-corrected chi connectivity index (χ0v) is 6.78. The van der Waals surface area contributed by atoms with Gasteiger partial charge in [0, 0.05) is 6.42 Å². The van der Waals surface area contributed by atoms with Crippen LogP contribution in [0.2, 0.25) is 0 Å². The first kappa shape index (κ1) is 8.77. The van der Waals surface area contributed by atoms with Crippen molar-refractivity contribution in [2.75, 3.05) is 13.2 Å². The minimum absolute atomic E-state index is 0.183. The third kappa shape index (κ3) is 1.84. The maximum Gasteiger partial charge on any atom is 0.416 e. The number of cyclic esters (lactones) is 1. The molecule has 12 heavy (non-hydrogen) atoms. The van der Waals surface area contributed by atoms with E-state index >= 15 is 0 Å². The van der Waals surface area contributed by atoms with Crippen LogP contribution in [0.5, 0.6) is 0 Å². The van der Waals surface area contributed by atoms with Crippen molar-refractivity contribution in [3.05, 3.63) is 12.7 Å². The quantitative estimate of drug-likeness (QED) is 0.590. The lowest BCUT2D eigenvalue weighted by Crippen LogP contribution is -2.31. The smallest absolute Gasteiger partial charge is 0.416 e. The van der Waals surface area contributed by atoms with Crippen molar-refractivity contribution in [3.8, 4) is 0 Å². The lowest BCUT2D eigenvalue weighted by Gasteiger charge is -2.08. The van der Waals surface area contributed by atoms with Crippen LogP contribution in [0.4, 0.5) is 4.79 Å². The molecule has 4 nitrogen and oxygen atoms in total. The van der Waals surface area contributed by atoms with Crippen molar-refractivity contribution in [3.63, 3.8) is 0 Å². The van der Waals surface area contributed by atoms with E-state index in [1.54, 1.807) is 6.08 Å². The predicted octanol–water partition coefficient (Wildman–Crippen LogP) is 0.931. The molecule has 0 bridgehead atoms. The first-order chi connectivity index (χ1) is 5.75. The Morgan fingerprint density at radius 1 is 1.75 bits per heavy atom. The van der Waals surface area contributed by atoms with E-state index in [0.717, 1.165) is 4.90 Å². The van der Waals surface area contributed by atoms with Crippen LogP contribution >= 0.6 is 0 Å². The molecule has 0 aromatic carbocycles. The molecule has 0 aromatic heterocycles. The van der Waals surface area contributed by atoms with Gasteiger partial charge in [-0.2, -0.15) is 0 Å². The van der Waals surface area contributed by atoms with Crippen LogP contribution in [0.1, 0.15) is 12.8 Å². The third-order valence-corrected chi connectivity index (χ3v) is 1.62. The summed E-state index contributed by atoms with van der Waals surface area (Å²) in [6.07, 6.45) is 2.06. The number of hydrogen-bond acceptors (Lipinski definition) is 3. The van der Waals surface area contributed by atoms with Crippen LogP contribution in [-0.2, 0) is 9.53 Å². The number of amides is 2. The molecule has 2 amide bonds. The number of rotatable bonds is 3. The number of carbonyl (C=O) groups excluding carboxylic acids is 2. The lowest BCUT2D eigenvalue weighted by molar-refractivity contribution is -0.127. The van der Waals surface area contributed by atoms with E-state index in [0.29, 0.717) is 26.0 Å². The Hall–Kier alpha value is -1.32. The van der Waals surface area contributed by atoms with E-state index in [1.165, 1.54) is 0 Å². The van der Waals surface area contributed by atoms with Gasteiger partial charge in [-0.25, -0.2) is 9.69 Å². The van der Waals surface area contributed by atoms with E-state index in [9.17, 15) is 9.59 Å². The van der Waals surface area contributed by atoms with Gasteiger partial charge < -0.3 is 4.74 Å². The molecule has 1 aliphatic heterocycles. The number of ether oxygens (including phenoxy) is 1. The number of nitrogens with zero attached hydrogens (tertiary/aromatic N) is 1. The SMILES string of the molecule is C=CCCC(=O)N1CCOC1=O. The lowest BCUT2D eigenvalue weighted by atomic mass is 10.3. The van der Waals surface area contributed by atoms with Crippen LogP contribution < -0.4 is 0 Å². The van der Waals surface area contributed by atoms with Crippen LogP contribution in [0, 0.1) is 0 Å². The summed E-state index contributed by atoms with van der Waals surface area (Å²) in [5.74, 6) is -0.183. The second kappa shape index (κ2) is 3.90. The second-order valence-electron chi connectivity index (χ2n) is 2.49. The van der Waals surface area contributed by atoms with Crippen molar-refractivity contribution in [1.29, 1.82) is 0 Å². The fourth-order valence-corrected chi connectivity index (χ4v) is 0.980. The Kier molecular flexibility index (Phi) is 2.85. The van der Waals surface area contributed by atoms with Gasteiger partial charge >= 0.3 is 6.09 Å². The van der Waals surface area contributed by atoms with Gasteiger partial charge in [0.15, 0.2) is 0 Å². The fourth-order valence-electron chi connectivity index (χ4n) is 0.980. The molecule has 0 radical (unpaired) electrons. The van der Waals surface area contributed by atoms with Crippen molar-refractivity contribution < 1.29 is 14.3 Å². The number of hydrogen-bond donors (Lipinski definition) is 0. The minimum atomic E-state index is -0.524. The molecular formula is C8H11NO3. The summed E-state index contributed by atoms with van der Waals surface area (Å²) < 4.78 is 4.61. The van der Waals surface area contributed by atoms with Crippen LogP contribution in [-0.4, -0.2) is 30.1 Å². The Balaban J connectivity index is 2.40. The minimum Gasteiger partial charge on any atom is -0.447 e. The van der Waals surface area contributed by atoms with E-state index < -0.39 is 6.09 Å². The highest BCUT2D eigenvalue weighted by atomic mass is 16.6. The molecule has 1 fully saturated rings. The molecule has 4 heteroatoms. The predicted molar refractivity (Wildman–Crippen MR) is 42.5 cm³/mol. The van der Waals surface area contributed by atoms with Crippen molar-refractivity contribution in [1.82, 2.24) is 4.90 Å². The van der Waals surface area contributed by atoms with E-state index in [-0.39, 0.29) is 5.91 Å². The van der Waals surface area contributed by atoms with Gasteiger partial charge in [0.2, 0.25) is 5.91 Å². The standard InChI is InChI=1S/C8H11NO3/c1-2-3-4-7(10)9-5-6-12-8(9)11/h2H,1,3-6H2. The molecule has 0 atom stereocenters. The van der Waals surface area contributed by atoms with Gasteiger partial charge in [0.1, 0.15) is 6.61 Å². The molecule has 0 aromatic rings. The van der Waals surface area contributed by atoms with Gasteiger partial charge in [-0.3, -0.25) is 4.79 Å². The Labute approximate surface area is 70.8 Å². The average molecular weight is 169 g/mol. The highest BCUT2D eigenvalue weighted by Crippen LogP contribution is 2.06. The third-order valence-electron chi connectivity index (χ3n) is 1.62. The summed E-state index contributed by atoms with van der Waals surface area (Å²) in [6.45, 7) is 4.19. The van der Waals surface area contributed by atoms with E-state index in [4.69, 9.17) is 0 Å². The van der Waals surface area contributed by atoms with Crippen LogP contribution in [0.25, 0.3) is 0 Å². The van der Waals surface area contributed by atoms with E-state index in [2.05, 4.69) is 11.3 Å². The van der Waals surface area contributed by atoms with Gasteiger partial charge in [0.05, 0.1) is 6.54 Å². The van der Waals surface area contributed by atoms with Crippen molar-refractivity contribution in [2.24, 2.45) is 0 Å². The Morgan fingerprint density at radius 2 is 2.50 bits per heavy atom. The molecule has 0 saturated carbocycles. The van der Waals surface area contributed by atoms with Crippen LogP contribution in [0.15, 0.2) is 12.7 Å². The zero-order chi connectivity index (χ0) is 8.97. The number of carbonyl (C=O) groups is 2. The molecule has 0 unspecified atom stereocenters. The zero-order valence-electron chi connectivity index (χ0n) is 6.78. The molecular weight excluding hydrogens is 158 g/mol. The molecule has 0 spiro atoms. The Bertz CT molecular complexity index is 212. The Morgan fingerprint density at radius 3 is 3.00 bits per heavy atom. The molecule has 1 saturated heterocycles. The largest absolute Gasteiger partial charge is 0.447 e. The van der Waals surface area contributed by atoms with Crippen LogP contribution in [0.3, 0.4) is 0 Å². The maximum atomic E-state index is 11.2. The summed E-state index contributed by atoms with van der Waals surface area (Å²) in [4.78, 5) is 23.2. The van der Waals surface area contributed by atoms with Crippen molar-refractivity contribution >= 4 is 12.0 Å². The summed E-state index contributed by atoms with van der Waals surface area (Å²) in [7, 11) is 0. The van der Waals surface area contributed by atoms with Gasteiger partial charge in [-0.05, 0) is 6.42 Å². The highest BCUT2D eigenvalue weighted by Gasteiger charge is 2.27. The first-order valence-electron chi connectivity index (χ1n) is 3.83. The summed E-state index contributed by atoms with van der Waals surface area (Å²) in [6, 6.07) is 0. The molecule has 66 valence electrons. The summed E-state index contributed by atoms with van der Waals surface area (Å²) in [5.41, 5.74) is 0. The van der Waals surface area contributed by atoms with Gasteiger partial charge in [-0.1, -0.05) is 6.08 Å². The number of allylic oxidation sites excluding steroid dienone is 1. The summed E-state index contributed by atoms with van der Waals surface area (Å²) >= 11 is 0. The number of imide groups is 1. The highest BCUT2D eigenvalue weighted by molar-refractivity contribution is 5.92. The monoisotopic (exact) mass is 169 g/mol. The molecule has 0 N–H and O–H groups in total. The van der Waals surface area contributed by atoms with E-state index in [1.807, 2.05) is 0 Å². The molecule has 1 aliphatic rings. The topological polar surface area (TPSA) is 46.6 Å². The maximum absolute atomic E-state index is 11.2. The fraction of sp³-hybridized carbons (Fsp3) is 0.500. The van der Waals surface area contributed by atoms with Gasteiger partial charge in [-0.15, -0.1) is 6.58 Å². The molecule has 0 aliphatic carbocycles. The molecule has 1 heterocycles.